The van der Waals surface area contributed by atoms with Gasteiger partial charge in [0.15, 0.2) is 5.82 Å². The Kier molecular flexibility index (Phi) is 2.59. The van der Waals surface area contributed by atoms with E-state index >= 15 is 0 Å². The molecule has 0 saturated heterocycles. The van der Waals surface area contributed by atoms with Gasteiger partial charge in [-0.05, 0) is 18.2 Å². The van der Waals surface area contributed by atoms with Crippen LogP contribution >= 0.6 is 0 Å². The Balaban J connectivity index is 2.14. The molecule has 0 fully saturated rings. The average Bonchev–Trinajstić information content (AvgIpc) is 2.56. The van der Waals surface area contributed by atoms with Gasteiger partial charge >= 0.3 is 0 Å². The van der Waals surface area contributed by atoms with E-state index in [2.05, 4.69) is 15.0 Å². The number of pyridine rings is 2. The molecule has 0 spiro atoms. The first-order chi connectivity index (χ1) is 10.7. The number of methoxy groups -OCH3 is 2. The summed E-state index contributed by atoms with van der Waals surface area (Å²) in [6.07, 6.45) is 1.66. The van der Waals surface area contributed by atoms with E-state index in [-0.39, 0.29) is 11.7 Å². The Morgan fingerprint density at radius 3 is 2.59 bits per heavy atom. The van der Waals surface area contributed by atoms with Crippen LogP contribution in [0.15, 0.2) is 35.5 Å². The summed E-state index contributed by atoms with van der Waals surface area (Å²) >= 11 is 0. The topological polar surface area (TPSA) is 73.7 Å². The van der Waals surface area contributed by atoms with Gasteiger partial charge in [-0.1, -0.05) is 6.07 Å². The van der Waals surface area contributed by atoms with E-state index in [4.69, 9.17) is 9.47 Å². The molecule has 3 heterocycles. The summed E-state index contributed by atoms with van der Waals surface area (Å²) in [6, 6.07) is 7.19. The first-order valence-corrected chi connectivity index (χ1v) is 6.67. The van der Waals surface area contributed by atoms with Crippen molar-refractivity contribution in [2.24, 2.45) is 4.99 Å². The van der Waals surface area contributed by atoms with Crippen molar-refractivity contribution in [3.8, 4) is 5.75 Å². The molecule has 2 aromatic heterocycles. The van der Waals surface area contributed by atoms with Crippen molar-refractivity contribution in [3.63, 3.8) is 0 Å². The molecule has 4 rings (SSSR count). The largest absolute Gasteiger partial charge is 0.496 e. The van der Waals surface area contributed by atoms with E-state index < -0.39 is 0 Å². The quantitative estimate of drug-likeness (QED) is 0.645. The lowest BCUT2D eigenvalue weighted by molar-refractivity contribution is 0.103. The van der Waals surface area contributed by atoms with Gasteiger partial charge in [0.05, 0.1) is 19.7 Å². The number of aliphatic imine (C=N–C) groups is 1. The number of ketones is 1. The highest BCUT2D eigenvalue weighted by Gasteiger charge is 2.25. The van der Waals surface area contributed by atoms with Crippen molar-refractivity contribution >= 4 is 39.3 Å². The maximum atomic E-state index is 12.4. The molecule has 0 radical (unpaired) electrons. The lowest BCUT2D eigenvalue weighted by Crippen LogP contribution is -2.19. The van der Waals surface area contributed by atoms with Crippen LogP contribution in [-0.4, -0.2) is 35.9 Å². The molecule has 6 nitrogen and oxygen atoms in total. The van der Waals surface area contributed by atoms with Gasteiger partial charge in [-0.3, -0.25) is 9.78 Å². The summed E-state index contributed by atoms with van der Waals surface area (Å²) in [6.45, 7) is 0. The van der Waals surface area contributed by atoms with E-state index in [9.17, 15) is 4.79 Å². The SMILES string of the molecule is COC1=Nc2cc(c3ccc4c(OC)ccnc4c3n2)C1=O. The van der Waals surface area contributed by atoms with Gasteiger partial charge in [0, 0.05) is 22.5 Å². The van der Waals surface area contributed by atoms with Crippen LogP contribution in [0.1, 0.15) is 10.4 Å². The number of carbonyl (C=O) groups excluding carboxylic acids is 1. The van der Waals surface area contributed by atoms with Gasteiger partial charge in [-0.15, -0.1) is 0 Å². The molecular weight excluding hydrogens is 282 g/mol. The Morgan fingerprint density at radius 2 is 1.82 bits per heavy atom. The van der Waals surface area contributed by atoms with E-state index in [0.717, 1.165) is 10.8 Å². The molecule has 0 aliphatic carbocycles. The number of hydrogen-bond donors (Lipinski definition) is 0. The van der Waals surface area contributed by atoms with E-state index in [0.29, 0.717) is 28.2 Å². The summed E-state index contributed by atoms with van der Waals surface area (Å²) in [5.74, 6) is 0.964. The molecule has 0 amide bonds. The maximum absolute atomic E-state index is 12.4. The van der Waals surface area contributed by atoms with Gasteiger partial charge in [0.1, 0.15) is 11.3 Å². The van der Waals surface area contributed by atoms with Gasteiger partial charge in [-0.25, -0.2) is 4.98 Å². The predicted octanol–water partition coefficient (Wildman–Crippen LogP) is 2.66. The van der Waals surface area contributed by atoms with Gasteiger partial charge in [-0.2, -0.15) is 4.99 Å². The van der Waals surface area contributed by atoms with Crippen LogP contribution in [-0.2, 0) is 4.74 Å². The highest BCUT2D eigenvalue weighted by atomic mass is 16.5. The molecule has 1 aliphatic heterocycles. The van der Waals surface area contributed by atoms with Crippen LogP contribution in [0.2, 0.25) is 0 Å². The van der Waals surface area contributed by atoms with Crippen molar-refractivity contribution in [3.05, 3.63) is 36.0 Å². The lowest BCUT2D eigenvalue weighted by atomic mass is 10.0. The second-order valence-electron chi connectivity index (χ2n) is 4.85. The fraction of sp³-hybridized carbons (Fsp3) is 0.125. The van der Waals surface area contributed by atoms with Crippen LogP contribution in [0.3, 0.4) is 0 Å². The first kappa shape index (κ1) is 12.7. The van der Waals surface area contributed by atoms with Gasteiger partial charge in [0.2, 0.25) is 5.78 Å². The zero-order chi connectivity index (χ0) is 15.3. The number of carbonyl (C=O) groups is 1. The molecule has 2 bridgehead atoms. The highest BCUT2D eigenvalue weighted by molar-refractivity contribution is 6.46. The number of fused-ring (bicyclic) bond motifs is 6. The second kappa shape index (κ2) is 4.49. The Labute approximate surface area is 125 Å². The summed E-state index contributed by atoms with van der Waals surface area (Å²) in [5, 5.41) is 1.57. The number of benzene rings is 1. The third kappa shape index (κ3) is 1.60. The molecule has 0 N–H and O–H groups in total. The average molecular weight is 293 g/mol. The number of nitrogens with zero attached hydrogens (tertiary/aromatic N) is 3. The van der Waals surface area contributed by atoms with E-state index in [1.54, 1.807) is 25.4 Å². The normalized spacial score (nSPS) is 13.4. The third-order valence-corrected chi connectivity index (χ3v) is 3.70. The Hall–Kier alpha value is -3.02. The molecule has 0 unspecified atom stereocenters. The lowest BCUT2D eigenvalue weighted by Gasteiger charge is -2.14. The number of Topliss-reactive ketones (excluding diaryl/α,β-unsaturated/α-hetero) is 1. The minimum atomic E-state index is -0.246. The zero-order valence-electron chi connectivity index (χ0n) is 12.0. The van der Waals surface area contributed by atoms with Gasteiger partial charge in [0.25, 0.3) is 5.90 Å². The van der Waals surface area contributed by atoms with Gasteiger partial charge < -0.3 is 9.47 Å². The van der Waals surface area contributed by atoms with Crippen LogP contribution in [0.5, 0.6) is 5.75 Å². The fourth-order valence-electron chi connectivity index (χ4n) is 2.69. The van der Waals surface area contributed by atoms with Crippen molar-refractivity contribution in [2.75, 3.05) is 14.2 Å². The van der Waals surface area contributed by atoms with Crippen molar-refractivity contribution in [2.45, 2.75) is 0 Å². The standard InChI is InChI=1S/C16H11N3O3/c1-21-11-5-6-17-13-9(11)4-3-8-10-7-12(18-14(8)13)19-16(22-2)15(10)20/h3-7H,1-2H3. The fourth-order valence-corrected chi connectivity index (χ4v) is 2.69. The summed E-state index contributed by atoms with van der Waals surface area (Å²) in [7, 11) is 3.03. The van der Waals surface area contributed by atoms with Crippen molar-refractivity contribution in [1.29, 1.82) is 0 Å². The van der Waals surface area contributed by atoms with Crippen LogP contribution in [0.4, 0.5) is 5.82 Å². The Bertz CT molecular complexity index is 979. The number of hydrogen-bond acceptors (Lipinski definition) is 6. The molecular formula is C16H11N3O3. The van der Waals surface area contributed by atoms with E-state index in [1.807, 2.05) is 12.1 Å². The van der Waals surface area contributed by atoms with Crippen molar-refractivity contribution < 1.29 is 14.3 Å². The first-order valence-electron chi connectivity index (χ1n) is 6.67. The minimum absolute atomic E-state index is 0.0561. The molecule has 6 heteroatoms. The van der Waals surface area contributed by atoms with Crippen LogP contribution in [0, 0.1) is 0 Å². The monoisotopic (exact) mass is 293 g/mol. The van der Waals surface area contributed by atoms with Crippen LogP contribution in [0.25, 0.3) is 21.8 Å². The maximum Gasteiger partial charge on any atom is 0.264 e. The zero-order valence-corrected chi connectivity index (χ0v) is 12.0. The molecule has 22 heavy (non-hydrogen) atoms. The van der Waals surface area contributed by atoms with Crippen LogP contribution < -0.4 is 4.74 Å². The third-order valence-electron chi connectivity index (χ3n) is 3.70. The number of ether oxygens (including phenoxy) is 2. The highest BCUT2D eigenvalue weighted by Crippen LogP contribution is 2.33. The summed E-state index contributed by atoms with van der Waals surface area (Å²) in [4.78, 5) is 25.4. The Morgan fingerprint density at radius 1 is 1.00 bits per heavy atom. The molecule has 3 aromatic rings. The van der Waals surface area contributed by atoms with E-state index in [1.165, 1.54) is 7.11 Å². The molecule has 1 aromatic carbocycles. The minimum Gasteiger partial charge on any atom is -0.496 e. The summed E-state index contributed by atoms with van der Waals surface area (Å²) < 4.78 is 10.4. The smallest absolute Gasteiger partial charge is 0.264 e. The van der Waals surface area contributed by atoms with Crippen molar-refractivity contribution in [1.82, 2.24) is 9.97 Å². The predicted molar refractivity (Wildman–Crippen MR) is 82.0 cm³/mol. The molecule has 0 atom stereocenters. The second-order valence-corrected chi connectivity index (χ2v) is 4.85. The molecule has 108 valence electrons. The summed E-state index contributed by atoms with van der Waals surface area (Å²) in [5.41, 5.74) is 1.85. The molecule has 0 saturated carbocycles. The molecule has 1 aliphatic rings. The number of aromatic nitrogens is 2. The number of rotatable bonds is 1.